The van der Waals surface area contributed by atoms with Crippen LogP contribution in [0, 0.1) is 10.7 Å². The fourth-order valence-corrected chi connectivity index (χ4v) is 5.15. The number of hydrogen-bond acceptors (Lipinski definition) is 7. The lowest BCUT2D eigenvalue weighted by Gasteiger charge is -2.30. The fourth-order valence-electron chi connectivity index (χ4n) is 3.52. The summed E-state index contributed by atoms with van der Waals surface area (Å²) in [7, 11) is 0. The van der Waals surface area contributed by atoms with Crippen LogP contribution in [0.3, 0.4) is 0 Å². The lowest BCUT2D eigenvalue weighted by atomic mass is 9.96. The number of aromatic amines is 1. The zero-order chi connectivity index (χ0) is 21.8. The summed E-state index contributed by atoms with van der Waals surface area (Å²) >= 11 is 8.07. The van der Waals surface area contributed by atoms with Crippen LogP contribution < -0.4 is 5.32 Å². The van der Waals surface area contributed by atoms with Gasteiger partial charge in [0.2, 0.25) is 5.91 Å². The number of thiophene rings is 1. The van der Waals surface area contributed by atoms with Gasteiger partial charge in [0.25, 0.3) is 5.91 Å². The third-order valence-corrected chi connectivity index (χ3v) is 7.13. The maximum Gasteiger partial charge on any atom is 0.263 e. The second kappa shape index (κ2) is 9.67. The van der Waals surface area contributed by atoms with Crippen molar-refractivity contribution in [2.75, 3.05) is 18.4 Å². The van der Waals surface area contributed by atoms with Gasteiger partial charge >= 0.3 is 0 Å². The summed E-state index contributed by atoms with van der Waals surface area (Å²) in [6.45, 7) is 5.49. The minimum atomic E-state index is -0.122. The summed E-state index contributed by atoms with van der Waals surface area (Å²) in [6.07, 6.45) is 3.58. The van der Waals surface area contributed by atoms with Crippen molar-refractivity contribution in [2.45, 2.75) is 25.8 Å². The summed E-state index contributed by atoms with van der Waals surface area (Å²) in [5, 5.41) is 14.4. The standard InChI is InChI=1S/C20H22N6O2S3/c1-2-7-26-16(23-24-20(26)29)11-14-12-31-19(21-14)22-17(27)13-5-8-25(9-6-13)18(28)15-4-3-10-30-15/h2-4,10,12-13H,1,5-9,11H2,(H,24,29)(H,21,22,27). The predicted molar refractivity (Wildman–Crippen MR) is 124 cm³/mol. The SMILES string of the molecule is C=CCn1c(Cc2csc(NC(=O)C3CCN(C(=O)c4cccs4)CC3)n2)n[nH]c1=S. The second-order valence-electron chi connectivity index (χ2n) is 7.20. The summed E-state index contributed by atoms with van der Waals surface area (Å²) in [4.78, 5) is 32.2. The van der Waals surface area contributed by atoms with E-state index in [-0.39, 0.29) is 17.7 Å². The first-order valence-electron chi connectivity index (χ1n) is 9.88. The lowest BCUT2D eigenvalue weighted by Crippen LogP contribution is -2.41. The van der Waals surface area contributed by atoms with E-state index < -0.39 is 0 Å². The summed E-state index contributed by atoms with van der Waals surface area (Å²) in [6, 6.07) is 3.71. The average molecular weight is 475 g/mol. The summed E-state index contributed by atoms with van der Waals surface area (Å²) in [5.41, 5.74) is 0.816. The first-order valence-corrected chi connectivity index (χ1v) is 12.0. The molecule has 4 heterocycles. The monoisotopic (exact) mass is 474 g/mol. The number of carbonyl (C=O) groups excluding carboxylic acids is 2. The van der Waals surface area contributed by atoms with Crippen LogP contribution in [0.2, 0.25) is 0 Å². The Labute approximate surface area is 192 Å². The largest absolute Gasteiger partial charge is 0.338 e. The lowest BCUT2D eigenvalue weighted by molar-refractivity contribution is -0.121. The topological polar surface area (TPSA) is 95.9 Å². The molecule has 1 fully saturated rings. The van der Waals surface area contributed by atoms with E-state index in [0.29, 0.717) is 48.8 Å². The van der Waals surface area contributed by atoms with Crippen molar-refractivity contribution in [1.29, 1.82) is 0 Å². The van der Waals surface area contributed by atoms with E-state index in [1.165, 1.54) is 22.7 Å². The highest BCUT2D eigenvalue weighted by atomic mass is 32.1. The molecule has 8 nitrogen and oxygen atoms in total. The van der Waals surface area contributed by atoms with Gasteiger partial charge in [-0.15, -0.1) is 29.3 Å². The van der Waals surface area contributed by atoms with Crippen molar-refractivity contribution in [3.8, 4) is 0 Å². The van der Waals surface area contributed by atoms with E-state index >= 15 is 0 Å². The zero-order valence-electron chi connectivity index (χ0n) is 16.7. The molecule has 11 heteroatoms. The predicted octanol–water partition coefficient (Wildman–Crippen LogP) is 3.73. The highest BCUT2D eigenvalue weighted by molar-refractivity contribution is 7.71. The number of nitrogens with zero attached hydrogens (tertiary/aromatic N) is 4. The summed E-state index contributed by atoms with van der Waals surface area (Å²) in [5.74, 6) is 0.658. The molecule has 0 aliphatic carbocycles. The van der Waals surface area contributed by atoms with Gasteiger partial charge in [-0.1, -0.05) is 12.1 Å². The Bertz CT molecular complexity index is 1120. The number of carbonyl (C=O) groups is 2. The van der Waals surface area contributed by atoms with E-state index in [1.54, 1.807) is 6.08 Å². The van der Waals surface area contributed by atoms with Gasteiger partial charge in [-0.25, -0.2) is 4.98 Å². The van der Waals surface area contributed by atoms with Crippen LogP contribution in [0.1, 0.15) is 34.0 Å². The maximum absolute atomic E-state index is 12.7. The minimum absolute atomic E-state index is 0.0431. The molecule has 0 spiro atoms. The number of hydrogen-bond donors (Lipinski definition) is 2. The molecule has 31 heavy (non-hydrogen) atoms. The Hall–Kier alpha value is -2.63. The smallest absolute Gasteiger partial charge is 0.263 e. The fraction of sp³-hybridized carbons (Fsp3) is 0.350. The number of allylic oxidation sites excluding steroid dienone is 1. The Kier molecular flexibility index (Phi) is 6.73. The quantitative estimate of drug-likeness (QED) is 0.402. The molecular weight excluding hydrogens is 452 g/mol. The van der Waals surface area contributed by atoms with Crippen LogP contribution in [0.4, 0.5) is 5.13 Å². The van der Waals surface area contributed by atoms with E-state index in [1.807, 2.05) is 32.4 Å². The Morgan fingerprint density at radius 1 is 1.35 bits per heavy atom. The summed E-state index contributed by atoms with van der Waals surface area (Å²) < 4.78 is 2.41. The molecule has 1 saturated heterocycles. The molecule has 1 aliphatic heterocycles. The normalized spacial score (nSPS) is 14.5. The molecule has 0 saturated carbocycles. The number of anilines is 1. The Morgan fingerprint density at radius 2 is 2.16 bits per heavy atom. The molecule has 0 aromatic carbocycles. The molecule has 2 amide bonds. The van der Waals surface area contributed by atoms with E-state index in [9.17, 15) is 9.59 Å². The Balaban J connectivity index is 1.31. The molecule has 1 aliphatic rings. The van der Waals surface area contributed by atoms with Crippen LogP contribution in [0.5, 0.6) is 0 Å². The first kappa shape index (κ1) is 21.6. The third-order valence-electron chi connectivity index (χ3n) is 5.16. The number of aromatic nitrogens is 4. The number of amides is 2. The average Bonchev–Trinajstić information content (AvgIpc) is 3.53. The van der Waals surface area contributed by atoms with Crippen molar-refractivity contribution >= 4 is 51.8 Å². The van der Waals surface area contributed by atoms with Crippen molar-refractivity contribution in [3.63, 3.8) is 0 Å². The van der Waals surface area contributed by atoms with E-state index in [2.05, 4.69) is 27.1 Å². The van der Waals surface area contributed by atoms with Crippen molar-refractivity contribution in [3.05, 3.63) is 56.7 Å². The highest BCUT2D eigenvalue weighted by Crippen LogP contribution is 2.24. The maximum atomic E-state index is 12.7. The van der Waals surface area contributed by atoms with Crippen LogP contribution >= 0.6 is 34.9 Å². The highest BCUT2D eigenvalue weighted by Gasteiger charge is 2.28. The third kappa shape index (κ3) is 5.00. The molecule has 0 atom stereocenters. The van der Waals surface area contributed by atoms with Gasteiger partial charge in [0.15, 0.2) is 9.90 Å². The molecule has 3 aromatic heterocycles. The van der Waals surface area contributed by atoms with Gasteiger partial charge in [0.05, 0.1) is 17.0 Å². The molecular formula is C20H22N6O2S3. The molecule has 2 N–H and O–H groups in total. The van der Waals surface area contributed by atoms with Crippen LogP contribution in [0.15, 0.2) is 35.5 Å². The number of thiazole rings is 1. The molecule has 0 unspecified atom stereocenters. The molecule has 3 aromatic rings. The van der Waals surface area contributed by atoms with Crippen LogP contribution in [-0.4, -0.2) is 49.6 Å². The van der Waals surface area contributed by atoms with Crippen LogP contribution in [-0.2, 0) is 17.8 Å². The van der Waals surface area contributed by atoms with Gasteiger partial charge in [-0.3, -0.25) is 19.3 Å². The van der Waals surface area contributed by atoms with Gasteiger partial charge in [-0.2, -0.15) is 5.10 Å². The molecule has 162 valence electrons. The van der Waals surface area contributed by atoms with Gasteiger partial charge in [0, 0.05) is 30.9 Å². The molecule has 0 bridgehead atoms. The van der Waals surface area contributed by atoms with E-state index in [0.717, 1.165) is 16.4 Å². The van der Waals surface area contributed by atoms with Gasteiger partial charge in [-0.05, 0) is 36.5 Å². The van der Waals surface area contributed by atoms with Gasteiger partial charge in [0.1, 0.15) is 5.82 Å². The zero-order valence-corrected chi connectivity index (χ0v) is 19.2. The molecule has 4 rings (SSSR count). The number of likely N-dealkylation sites (tertiary alicyclic amines) is 1. The number of rotatable bonds is 7. The van der Waals surface area contributed by atoms with Crippen molar-refractivity contribution < 1.29 is 9.59 Å². The minimum Gasteiger partial charge on any atom is -0.338 e. The van der Waals surface area contributed by atoms with Crippen molar-refractivity contribution in [2.24, 2.45) is 5.92 Å². The number of H-pyrrole nitrogens is 1. The number of nitrogens with one attached hydrogen (secondary N) is 2. The first-order chi connectivity index (χ1) is 15.0. The Morgan fingerprint density at radius 3 is 2.87 bits per heavy atom. The number of piperidine rings is 1. The van der Waals surface area contributed by atoms with Crippen LogP contribution in [0.25, 0.3) is 0 Å². The van der Waals surface area contributed by atoms with Gasteiger partial charge < -0.3 is 10.2 Å². The van der Waals surface area contributed by atoms with E-state index in [4.69, 9.17) is 12.2 Å². The van der Waals surface area contributed by atoms with Crippen molar-refractivity contribution in [1.82, 2.24) is 24.6 Å². The second-order valence-corrected chi connectivity index (χ2v) is 9.39. The molecule has 0 radical (unpaired) electrons.